The normalized spacial score (nSPS) is 16.9. The molecule has 1 aliphatic heterocycles. The number of anilines is 2. The summed E-state index contributed by atoms with van der Waals surface area (Å²) in [4.78, 5) is 22.6. The van der Waals surface area contributed by atoms with Gasteiger partial charge in [0.15, 0.2) is 0 Å². The zero-order valence-electron chi connectivity index (χ0n) is 13.2. The Kier molecular flexibility index (Phi) is 4.71. The number of benzene rings is 1. The molecular formula is C16H18ClN5O2. The van der Waals surface area contributed by atoms with Gasteiger partial charge >= 0.3 is 0 Å². The molecule has 3 N–H and O–H groups in total. The number of methoxy groups -OCH3 is 1. The number of carbonyl (C=O) groups is 1. The van der Waals surface area contributed by atoms with Crippen molar-refractivity contribution >= 4 is 29.1 Å². The fourth-order valence-electron chi connectivity index (χ4n) is 2.62. The lowest BCUT2D eigenvalue weighted by atomic mass is 10.2. The van der Waals surface area contributed by atoms with Gasteiger partial charge in [0.1, 0.15) is 5.02 Å². The molecule has 0 unspecified atom stereocenters. The first-order chi connectivity index (χ1) is 11.6. The highest BCUT2D eigenvalue weighted by atomic mass is 35.5. The van der Waals surface area contributed by atoms with Gasteiger partial charge in [-0.3, -0.25) is 4.79 Å². The number of rotatable bonds is 4. The van der Waals surface area contributed by atoms with Gasteiger partial charge in [-0.25, -0.2) is 4.98 Å². The highest BCUT2D eigenvalue weighted by Gasteiger charge is 2.27. The largest absolute Gasteiger partial charge is 0.480 e. The fraction of sp³-hybridized carbons (Fsp3) is 0.312. The molecule has 0 saturated carbocycles. The van der Waals surface area contributed by atoms with Crippen LogP contribution in [0.2, 0.25) is 5.02 Å². The highest BCUT2D eigenvalue weighted by Crippen LogP contribution is 2.23. The minimum atomic E-state index is -0.00564. The van der Waals surface area contributed by atoms with Crippen LogP contribution in [0.1, 0.15) is 16.8 Å². The number of likely N-dealkylation sites (tertiary alicyclic amines) is 1. The van der Waals surface area contributed by atoms with Gasteiger partial charge in [0, 0.05) is 30.4 Å². The number of ether oxygens (including phenoxy) is 1. The molecule has 1 saturated heterocycles. The Morgan fingerprint density at radius 2 is 2.17 bits per heavy atom. The van der Waals surface area contributed by atoms with E-state index < -0.39 is 0 Å². The second-order valence-corrected chi connectivity index (χ2v) is 5.96. The Hall–Kier alpha value is -2.54. The summed E-state index contributed by atoms with van der Waals surface area (Å²) in [5, 5.41) is 3.57. The number of halogens is 1. The fourth-order valence-corrected chi connectivity index (χ4v) is 2.79. The quantitative estimate of drug-likeness (QED) is 0.822. The molecule has 0 radical (unpaired) electrons. The van der Waals surface area contributed by atoms with Crippen molar-refractivity contribution in [2.45, 2.75) is 12.5 Å². The molecule has 1 aromatic heterocycles. The van der Waals surface area contributed by atoms with Crippen molar-refractivity contribution in [2.24, 2.45) is 0 Å². The summed E-state index contributed by atoms with van der Waals surface area (Å²) in [7, 11) is 1.50. The van der Waals surface area contributed by atoms with Crippen LogP contribution >= 0.6 is 11.6 Å². The second-order valence-electron chi connectivity index (χ2n) is 5.55. The molecule has 7 nitrogen and oxygen atoms in total. The van der Waals surface area contributed by atoms with Gasteiger partial charge < -0.3 is 20.7 Å². The standard InChI is InChI=1S/C16H18ClN5O2/c1-24-14-13(17)8-19-16(21-14)20-12-6-7-22(9-12)15(23)10-2-4-11(18)5-3-10/h2-5,8,12H,6-7,9,18H2,1H3,(H,19,20,21)/t12-/m0/s1. The van der Waals surface area contributed by atoms with Crippen molar-refractivity contribution in [3.63, 3.8) is 0 Å². The molecule has 0 spiro atoms. The zero-order chi connectivity index (χ0) is 17.1. The number of aromatic nitrogens is 2. The van der Waals surface area contributed by atoms with Crippen LogP contribution in [-0.4, -0.2) is 47.0 Å². The van der Waals surface area contributed by atoms with Gasteiger partial charge in [-0.05, 0) is 30.7 Å². The molecule has 1 atom stereocenters. The maximum atomic E-state index is 12.5. The first kappa shape index (κ1) is 16.3. The first-order valence-electron chi connectivity index (χ1n) is 7.54. The number of nitrogens with zero attached hydrogens (tertiary/aromatic N) is 3. The summed E-state index contributed by atoms with van der Waals surface area (Å²) in [5.41, 5.74) is 6.93. The Labute approximate surface area is 144 Å². The van der Waals surface area contributed by atoms with Crippen molar-refractivity contribution in [2.75, 3.05) is 31.2 Å². The number of nitrogens with two attached hydrogens (primary N) is 1. The third kappa shape index (κ3) is 3.51. The third-order valence-electron chi connectivity index (χ3n) is 3.87. The van der Waals surface area contributed by atoms with Gasteiger partial charge in [0.05, 0.1) is 13.3 Å². The lowest BCUT2D eigenvalue weighted by molar-refractivity contribution is 0.0791. The molecule has 24 heavy (non-hydrogen) atoms. The van der Waals surface area contributed by atoms with Crippen molar-refractivity contribution < 1.29 is 9.53 Å². The molecule has 3 rings (SSSR count). The predicted octanol–water partition coefficient (Wildman–Crippen LogP) is 2.05. The van der Waals surface area contributed by atoms with E-state index >= 15 is 0 Å². The molecule has 2 aromatic rings. The van der Waals surface area contributed by atoms with Crippen molar-refractivity contribution in [3.05, 3.63) is 41.0 Å². The SMILES string of the molecule is COc1nc(N[C@H]2CCN(C(=O)c3ccc(N)cc3)C2)ncc1Cl. The van der Waals surface area contributed by atoms with E-state index in [1.165, 1.54) is 13.3 Å². The summed E-state index contributed by atoms with van der Waals surface area (Å²) in [6.07, 6.45) is 2.30. The van der Waals surface area contributed by atoms with Gasteiger partial charge in [0.2, 0.25) is 11.8 Å². The first-order valence-corrected chi connectivity index (χ1v) is 7.92. The summed E-state index contributed by atoms with van der Waals surface area (Å²) < 4.78 is 5.08. The van der Waals surface area contributed by atoms with Crippen LogP contribution in [0.5, 0.6) is 5.88 Å². The van der Waals surface area contributed by atoms with Crippen LogP contribution in [0.25, 0.3) is 0 Å². The van der Waals surface area contributed by atoms with E-state index in [2.05, 4.69) is 15.3 Å². The van der Waals surface area contributed by atoms with E-state index in [1.807, 2.05) is 0 Å². The van der Waals surface area contributed by atoms with Crippen molar-refractivity contribution in [1.82, 2.24) is 14.9 Å². The second kappa shape index (κ2) is 6.92. The van der Waals surface area contributed by atoms with Crippen LogP contribution in [0.3, 0.4) is 0 Å². The van der Waals surface area contributed by atoms with Gasteiger partial charge in [0.25, 0.3) is 5.91 Å². The average molecular weight is 348 g/mol. The molecule has 0 bridgehead atoms. The summed E-state index contributed by atoms with van der Waals surface area (Å²) >= 11 is 5.92. The van der Waals surface area contributed by atoms with Crippen molar-refractivity contribution in [1.29, 1.82) is 0 Å². The Morgan fingerprint density at radius 1 is 1.42 bits per heavy atom. The van der Waals surface area contributed by atoms with Gasteiger partial charge in [-0.15, -0.1) is 0 Å². The molecule has 8 heteroatoms. The summed E-state index contributed by atoms with van der Waals surface area (Å²) in [5.74, 6) is 0.749. The topological polar surface area (TPSA) is 93.4 Å². The van der Waals surface area contributed by atoms with E-state index in [0.717, 1.165) is 6.42 Å². The molecule has 1 fully saturated rings. The molecule has 2 heterocycles. The van der Waals surface area contributed by atoms with Crippen LogP contribution in [0.4, 0.5) is 11.6 Å². The third-order valence-corrected chi connectivity index (χ3v) is 4.13. The Balaban J connectivity index is 1.63. The molecule has 1 amide bonds. The molecule has 126 valence electrons. The molecule has 1 aromatic carbocycles. The van der Waals surface area contributed by atoms with E-state index in [9.17, 15) is 4.79 Å². The minimum Gasteiger partial charge on any atom is -0.480 e. The van der Waals surface area contributed by atoms with Gasteiger partial charge in [-0.2, -0.15) is 4.98 Å². The number of nitrogen functional groups attached to an aromatic ring is 1. The average Bonchev–Trinajstić information content (AvgIpc) is 3.05. The summed E-state index contributed by atoms with van der Waals surface area (Å²) in [6.45, 7) is 1.25. The Bertz CT molecular complexity index is 738. The predicted molar refractivity (Wildman–Crippen MR) is 92.4 cm³/mol. The Morgan fingerprint density at radius 3 is 2.88 bits per heavy atom. The van der Waals surface area contributed by atoms with Crippen LogP contribution in [0.15, 0.2) is 30.5 Å². The lowest BCUT2D eigenvalue weighted by Gasteiger charge is -2.17. The number of nitrogens with one attached hydrogen (secondary N) is 1. The van der Waals surface area contributed by atoms with E-state index in [-0.39, 0.29) is 11.9 Å². The number of carbonyl (C=O) groups excluding carboxylic acids is 1. The highest BCUT2D eigenvalue weighted by molar-refractivity contribution is 6.31. The maximum Gasteiger partial charge on any atom is 0.253 e. The van der Waals surface area contributed by atoms with Gasteiger partial charge in [-0.1, -0.05) is 11.6 Å². The smallest absolute Gasteiger partial charge is 0.253 e. The molecule has 1 aliphatic rings. The minimum absolute atomic E-state index is 0.00564. The zero-order valence-corrected chi connectivity index (χ0v) is 14.0. The lowest BCUT2D eigenvalue weighted by Crippen LogP contribution is -2.31. The van der Waals surface area contributed by atoms with E-state index in [4.69, 9.17) is 22.1 Å². The van der Waals surface area contributed by atoms with E-state index in [0.29, 0.717) is 41.2 Å². The van der Waals surface area contributed by atoms with E-state index in [1.54, 1.807) is 29.2 Å². The monoisotopic (exact) mass is 347 g/mol. The number of amides is 1. The van der Waals surface area contributed by atoms with Crippen LogP contribution in [-0.2, 0) is 0 Å². The number of hydrogen-bond acceptors (Lipinski definition) is 6. The molecular weight excluding hydrogens is 330 g/mol. The number of hydrogen-bond donors (Lipinski definition) is 2. The maximum absolute atomic E-state index is 12.5. The van der Waals surface area contributed by atoms with Crippen LogP contribution < -0.4 is 15.8 Å². The van der Waals surface area contributed by atoms with Crippen LogP contribution in [0, 0.1) is 0 Å². The summed E-state index contributed by atoms with van der Waals surface area (Å²) in [6, 6.07) is 7.02. The van der Waals surface area contributed by atoms with Crippen molar-refractivity contribution in [3.8, 4) is 5.88 Å². The molecule has 0 aliphatic carbocycles.